The second kappa shape index (κ2) is 9.56. The molecule has 0 aliphatic rings. The second-order valence-electron chi connectivity index (χ2n) is 7.75. The summed E-state index contributed by atoms with van der Waals surface area (Å²) >= 11 is 0. The smallest absolute Gasteiger partial charge is 0.0140 e. The maximum Gasteiger partial charge on any atom is -0.0140 e. The SMILES string of the molecule is C/C=C\C(=C/C)c1ccc(C(C)CC)c(-c2cc(-c3ccccc3)ccc2C)c1. The molecule has 0 bridgehead atoms. The lowest BCUT2D eigenvalue weighted by Gasteiger charge is -2.19. The molecule has 3 rings (SSSR count). The highest BCUT2D eigenvalue weighted by Crippen LogP contribution is 2.37. The molecule has 1 atom stereocenters. The van der Waals surface area contributed by atoms with Gasteiger partial charge in [-0.3, -0.25) is 0 Å². The molecule has 0 aromatic heterocycles. The van der Waals surface area contributed by atoms with Crippen LogP contribution in [-0.2, 0) is 0 Å². The van der Waals surface area contributed by atoms with Crippen molar-refractivity contribution in [2.24, 2.45) is 0 Å². The summed E-state index contributed by atoms with van der Waals surface area (Å²) in [6, 6.07) is 24.5. The van der Waals surface area contributed by atoms with Crippen LogP contribution in [0.15, 0.2) is 85.0 Å². The molecule has 0 aliphatic carbocycles. The van der Waals surface area contributed by atoms with Gasteiger partial charge in [0.1, 0.15) is 0 Å². The van der Waals surface area contributed by atoms with Crippen molar-refractivity contribution in [1.82, 2.24) is 0 Å². The van der Waals surface area contributed by atoms with Crippen molar-refractivity contribution in [3.8, 4) is 22.3 Å². The normalized spacial score (nSPS) is 13.1. The van der Waals surface area contributed by atoms with Gasteiger partial charge in [-0.25, -0.2) is 0 Å². The van der Waals surface area contributed by atoms with E-state index in [1.165, 1.54) is 44.5 Å². The maximum absolute atomic E-state index is 2.38. The van der Waals surface area contributed by atoms with Crippen molar-refractivity contribution in [3.05, 3.63) is 102 Å². The molecule has 0 heteroatoms. The molecule has 0 aliphatic heterocycles. The molecule has 0 nitrogen and oxygen atoms in total. The topological polar surface area (TPSA) is 0 Å². The highest BCUT2D eigenvalue weighted by Gasteiger charge is 2.15. The van der Waals surface area contributed by atoms with Gasteiger partial charge in [0.05, 0.1) is 0 Å². The molecule has 0 spiro atoms. The van der Waals surface area contributed by atoms with E-state index in [1.807, 2.05) is 0 Å². The van der Waals surface area contributed by atoms with Crippen LogP contribution in [-0.4, -0.2) is 0 Å². The highest BCUT2D eigenvalue weighted by molar-refractivity contribution is 5.82. The quantitative estimate of drug-likeness (QED) is 0.375. The molecule has 0 fully saturated rings. The summed E-state index contributed by atoms with van der Waals surface area (Å²) in [5, 5.41) is 0. The summed E-state index contributed by atoms with van der Waals surface area (Å²) in [6.07, 6.45) is 7.62. The largest absolute Gasteiger partial charge is 0.0871 e. The molecule has 148 valence electrons. The molecular weight excluding hydrogens is 348 g/mol. The first-order chi connectivity index (χ1) is 14.1. The first-order valence-corrected chi connectivity index (χ1v) is 10.7. The summed E-state index contributed by atoms with van der Waals surface area (Å²) in [7, 11) is 0. The van der Waals surface area contributed by atoms with Gasteiger partial charge in [-0.2, -0.15) is 0 Å². The predicted molar refractivity (Wildman–Crippen MR) is 129 cm³/mol. The predicted octanol–water partition coefficient (Wildman–Crippen LogP) is 8.82. The van der Waals surface area contributed by atoms with Crippen LogP contribution in [0.4, 0.5) is 0 Å². The lowest BCUT2D eigenvalue weighted by molar-refractivity contribution is 0.735. The van der Waals surface area contributed by atoms with Crippen LogP contribution in [0.5, 0.6) is 0 Å². The first-order valence-electron chi connectivity index (χ1n) is 10.7. The molecule has 0 saturated carbocycles. The molecule has 3 aromatic carbocycles. The van der Waals surface area contributed by atoms with Crippen molar-refractivity contribution >= 4 is 5.57 Å². The summed E-state index contributed by atoms with van der Waals surface area (Å²) < 4.78 is 0. The van der Waals surface area contributed by atoms with E-state index >= 15 is 0 Å². The summed E-state index contributed by atoms with van der Waals surface area (Å²) in [4.78, 5) is 0. The zero-order valence-corrected chi connectivity index (χ0v) is 18.4. The number of benzene rings is 3. The average molecular weight is 381 g/mol. The third-order valence-electron chi connectivity index (χ3n) is 5.82. The van der Waals surface area contributed by atoms with Gasteiger partial charge in [-0.15, -0.1) is 0 Å². The minimum atomic E-state index is 0.523. The lowest BCUT2D eigenvalue weighted by atomic mass is 9.85. The van der Waals surface area contributed by atoms with E-state index < -0.39 is 0 Å². The summed E-state index contributed by atoms with van der Waals surface area (Å²) in [5.41, 5.74) is 10.5. The Morgan fingerprint density at radius 1 is 0.862 bits per heavy atom. The molecule has 0 N–H and O–H groups in total. The molecule has 29 heavy (non-hydrogen) atoms. The van der Waals surface area contributed by atoms with E-state index in [9.17, 15) is 0 Å². The van der Waals surface area contributed by atoms with E-state index in [0.717, 1.165) is 6.42 Å². The third kappa shape index (κ3) is 4.59. The fraction of sp³-hybridized carbons (Fsp3) is 0.241. The molecule has 3 aromatic rings. The van der Waals surface area contributed by atoms with E-state index in [4.69, 9.17) is 0 Å². The number of hydrogen-bond donors (Lipinski definition) is 0. The fourth-order valence-corrected chi connectivity index (χ4v) is 3.88. The Kier molecular flexibility index (Phi) is 6.88. The monoisotopic (exact) mass is 380 g/mol. The van der Waals surface area contributed by atoms with Crippen LogP contribution < -0.4 is 0 Å². The maximum atomic E-state index is 2.38. The fourth-order valence-electron chi connectivity index (χ4n) is 3.88. The number of aryl methyl sites for hydroxylation is 1. The van der Waals surface area contributed by atoms with Gasteiger partial charge in [-0.05, 0) is 89.8 Å². The zero-order chi connectivity index (χ0) is 20.8. The van der Waals surface area contributed by atoms with Crippen LogP contribution in [0, 0.1) is 6.92 Å². The van der Waals surface area contributed by atoms with E-state index in [1.54, 1.807) is 0 Å². The van der Waals surface area contributed by atoms with Crippen molar-refractivity contribution < 1.29 is 0 Å². The Labute approximate surface area is 176 Å². The van der Waals surface area contributed by atoms with Gasteiger partial charge in [0, 0.05) is 0 Å². The Balaban J connectivity index is 2.22. The third-order valence-corrected chi connectivity index (χ3v) is 5.82. The summed E-state index contributed by atoms with van der Waals surface area (Å²) in [6.45, 7) is 11.0. The Bertz CT molecular complexity index is 1020. The van der Waals surface area contributed by atoms with Gasteiger partial charge in [-0.1, -0.05) is 86.7 Å². The van der Waals surface area contributed by atoms with E-state index in [0.29, 0.717) is 5.92 Å². The lowest BCUT2D eigenvalue weighted by Crippen LogP contribution is -1.98. The van der Waals surface area contributed by atoms with Gasteiger partial charge in [0.25, 0.3) is 0 Å². The van der Waals surface area contributed by atoms with E-state index in [2.05, 4.69) is 120 Å². The average Bonchev–Trinajstić information content (AvgIpc) is 2.77. The molecule has 0 amide bonds. The van der Waals surface area contributed by atoms with Crippen molar-refractivity contribution in [1.29, 1.82) is 0 Å². The van der Waals surface area contributed by atoms with Crippen molar-refractivity contribution in [3.63, 3.8) is 0 Å². The number of hydrogen-bond acceptors (Lipinski definition) is 0. The number of allylic oxidation sites excluding steroid dienone is 4. The Hall–Kier alpha value is -2.86. The molecule has 0 saturated heterocycles. The van der Waals surface area contributed by atoms with E-state index in [-0.39, 0.29) is 0 Å². The zero-order valence-electron chi connectivity index (χ0n) is 18.4. The first kappa shape index (κ1) is 20.9. The Morgan fingerprint density at radius 2 is 1.62 bits per heavy atom. The minimum Gasteiger partial charge on any atom is -0.0871 e. The molecule has 1 unspecified atom stereocenters. The van der Waals surface area contributed by atoms with Crippen molar-refractivity contribution in [2.45, 2.75) is 47.0 Å². The van der Waals surface area contributed by atoms with Crippen LogP contribution >= 0.6 is 0 Å². The van der Waals surface area contributed by atoms with Gasteiger partial charge in [0.15, 0.2) is 0 Å². The molecular formula is C29H32. The van der Waals surface area contributed by atoms with Gasteiger partial charge in [0.2, 0.25) is 0 Å². The molecule has 0 heterocycles. The molecule has 0 radical (unpaired) electrons. The highest BCUT2D eigenvalue weighted by atomic mass is 14.2. The van der Waals surface area contributed by atoms with Gasteiger partial charge >= 0.3 is 0 Å². The Morgan fingerprint density at radius 3 is 2.28 bits per heavy atom. The summed E-state index contributed by atoms with van der Waals surface area (Å²) in [5.74, 6) is 0.523. The van der Waals surface area contributed by atoms with Gasteiger partial charge < -0.3 is 0 Å². The van der Waals surface area contributed by atoms with Crippen LogP contribution in [0.1, 0.15) is 56.7 Å². The van der Waals surface area contributed by atoms with Crippen LogP contribution in [0.3, 0.4) is 0 Å². The van der Waals surface area contributed by atoms with Crippen LogP contribution in [0.25, 0.3) is 27.8 Å². The number of rotatable bonds is 6. The standard InChI is InChI=1S/C29H32/c1-6-12-23(8-3)25-17-18-27(21(4)7-2)29(20-25)28-19-26(16-15-22(28)5)24-13-10-9-11-14-24/h6,8-21H,7H2,1-5H3/b12-6-,23-8+. The minimum absolute atomic E-state index is 0.523. The van der Waals surface area contributed by atoms with Crippen molar-refractivity contribution in [2.75, 3.05) is 0 Å². The van der Waals surface area contributed by atoms with Crippen LogP contribution in [0.2, 0.25) is 0 Å². The second-order valence-corrected chi connectivity index (χ2v) is 7.75.